The van der Waals surface area contributed by atoms with Gasteiger partial charge in [0.2, 0.25) is 10.0 Å². The van der Waals surface area contributed by atoms with Crippen molar-refractivity contribution in [1.29, 1.82) is 0 Å². The maximum atomic E-state index is 12.9. The third kappa shape index (κ3) is 3.84. The van der Waals surface area contributed by atoms with E-state index in [1.807, 2.05) is 0 Å². The highest BCUT2D eigenvalue weighted by Crippen LogP contribution is 2.26. The van der Waals surface area contributed by atoms with Crippen molar-refractivity contribution in [3.8, 4) is 0 Å². The Hall–Kier alpha value is -0.910. The third-order valence-electron chi connectivity index (χ3n) is 4.22. The molecular formula is C16H25NO3S. The molecule has 0 radical (unpaired) electrons. The molecule has 5 heteroatoms. The number of sulfonamides is 1. The van der Waals surface area contributed by atoms with Crippen molar-refractivity contribution in [1.82, 2.24) is 4.31 Å². The summed E-state index contributed by atoms with van der Waals surface area (Å²) < 4.78 is 27.4. The molecular weight excluding hydrogens is 286 g/mol. The average molecular weight is 311 g/mol. The minimum Gasteiger partial charge on any atom is -0.396 e. The highest BCUT2D eigenvalue weighted by molar-refractivity contribution is 7.89. The molecule has 118 valence electrons. The van der Waals surface area contributed by atoms with Crippen LogP contribution in [-0.2, 0) is 16.4 Å². The predicted octanol–water partition coefficient (Wildman–Crippen LogP) is 2.56. The second-order valence-corrected chi connectivity index (χ2v) is 7.54. The van der Waals surface area contributed by atoms with E-state index in [0.29, 0.717) is 17.9 Å². The second kappa shape index (κ2) is 7.38. The maximum Gasteiger partial charge on any atom is 0.243 e. The van der Waals surface area contributed by atoms with Crippen LogP contribution in [0.2, 0.25) is 0 Å². The van der Waals surface area contributed by atoms with Crippen LogP contribution in [0.3, 0.4) is 0 Å². The fraction of sp³-hybridized carbons (Fsp3) is 0.625. The summed E-state index contributed by atoms with van der Waals surface area (Å²) in [5, 5.41) is 8.92. The van der Waals surface area contributed by atoms with Crippen molar-refractivity contribution in [2.24, 2.45) is 0 Å². The quantitative estimate of drug-likeness (QED) is 0.909. The zero-order valence-electron chi connectivity index (χ0n) is 12.7. The Bertz CT molecular complexity index is 539. The summed E-state index contributed by atoms with van der Waals surface area (Å²) in [7, 11) is -3.41. The summed E-state index contributed by atoms with van der Waals surface area (Å²) in [6.45, 7) is 2.76. The van der Waals surface area contributed by atoms with Crippen molar-refractivity contribution >= 4 is 10.0 Å². The van der Waals surface area contributed by atoms with Gasteiger partial charge in [-0.25, -0.2) is 8.42 Å². The van der Waals surface area contributed by atoms with Gasteiger partial charge in [-0.2, -0.15) is 4.31 Å². The molecule has 1 aliphatic heterocycles. The van der Waals surface area contributed by atoms with Gasteiger partial charge in [0.25, 0.3) is 0 Å². The number of rotatable bonds is 5. The maximum absolute atomic E-state index is 12.9. The Morgan fingerprint density at radius 2 is 1.90 bits per heavy atom. The average Bonchev–Trinajstić information content (AvgIpc) is 2.73. The molecule has 2 rings (SSSR count). The Kier molecular flexibility index (Phi) is 5.79. The summed E-state index contributed by atoms with van der Waals surface area (Å²) in [6.07, 6.45) is 5.54. The van der Waals surface area contributed by atoms with Gasteiger partial charge in [-0.1, -0.05) is 31.9 Å². The van der Waals surface area contributed by atoms with Crippen LogP contribution in [0.25, 0.3) is 0 Å². The van der Waals surface area contributed by atoms with Crippen molar-refractivity contribution in [2.75, 3.05) is 13.2 Å². The fourth-order valence-electron chi connectivity index (χ4n) is 2.97. The molecule has 1 aromatic carbocycles. The first kappa shape index (κ1) is 16.5. The molecule has 0 amide bonds. The van der Waals surface area contributed by atoms with Gasteiger partial charge in [0.05, 0.1) is 4.90 Å². The fourth-order valence-corrected chi connectivity index (χ4v) is 4.73. The Morgan fingerprint density at radius 1 is 1.19 bits per heavy atom. The molecule has 1 aliphatic rings. The topological polar surface area (TPSA) is 57.6 Å². The van der Waals surface area contributed by atoms with Crippen LogP contribution in [0.5, 0.6) is 0 Å². The molecule has 0 aromatic heterocycles. The van der Waals surface area contributed by atoms with Gasteiger partial charge in [-0.3, -0.25) is 0 Å². The van der Waals surface area contributed by atoms with Gasteiger partial charge in [0.1, 0.15) is 0 Å². The van der Waals surface area contributed by atoms with E-state index < -0.39 is 10.0 Å². The molecule has 1 N–H and O–H groups in total. The van der Waals surface area contributed by atoms with Crippen molar-refractivity contribution in [3.63, 3.8) is 0 Å². The molecule has 0 bridgehead atoms. The first-order chi connectivity index (χ1) is 10.1. The highest BCUT2D eigenvalue weighted by Gasteiger charge is 2.31. The van der Waals surface area contributed by atoms with Crippen LogP contribution in [0.15, 0.2) is 29.2 Å². The van der Waals surface area contributed by atoms with Crippen molar-refractivity contribution < 1.29 is 13.5 Å². The molecule has 1 saturated heterocycles. The molecule has 1 fully saturated rings. The molecule has 0 saturated carbocycles. The van der Waals surface area contributed by atoms with Gasteiger partial charge in [-0.15, -0.1) is 0 Å². The van der Waals surface area contributed by atoms with Crippen molar-refractivity contribution in [2.45, 2.75) is 56.4 Å². The monoisotopic (exact) mass is 311 g/mol. The lowest BCUT2D eigenvalue weighted by Crippen LogP contribution is -2.39. The minimum absolute atomic E-state index is 0.0795. The molecule has 21 heavy (non-hydrogen) atoms. The zero-order valence-corrected chi connectivity index (χ0v) is 13.5. The van der Waals surface area contributed by atoms with E-state index in [2.05, 4.69) is 6.92 Å². The smallest absolute Gasteiger partial charge is 0.243 e. The minimum atomic E-state index is -3.41. The SMILES string of the molecule is CCC1CCCCCN1S(=O)(=O)c1ccc(CCO)cc1. The lowest BCUT2D eigenvalue weighted by molar-refractivity contribution is 0.299. The number of hydrogen-bond acceptors (Lipinski definition) is 3. The molecule has 1 aromatic rings. The number of aliphatic hydroxyl groups excluding tert-OH is 1. The first-order valence-corrected chi connectivity index (χ1v) is 9.25. The van der Waals surface area contributed by atoms with Gasteiger partial charge in [0.15, 0.2) is 0 Å². The number of benzene rings is 1. The van der Waals surface area contributed by atoms with Crippen molar-refractivity contribution in [3.05, 3.63) is 29.8 Å². The van der Waals surface area contributed by atoms with Gasteiger partial charge >= 0.3 is 0 Å². The van der Waals surface area contributed by atoms with E-state index in [1.54, 1.807) is 28.6 Å². The van der Waals surface area contributed by atoms with E-state index in [4.69, 9.17) is 5.11 Å². The van der Waals surface area contributed by atoms with E-state index in [-0.39, 0.29) is 12.6 Å². The Labute approximate surface area is 127 Å². The predicted molar refractivity (Wildman–Crippen MR) is 83.7 cm³/mol. The Balaban J connectivity index is 2.26. The molecule has 1 heterocycles. The summed E-state index contributed by atoms with van der Waals surface area (Å²) in [6, 6.07) is 7.04. The molecule has 1 unspecified atom stereocenters. The molecule has 0 spiro atoms. The van der Waals surface area contributed by atoms with E-state index in [0.717, 1.165) is 37.7 Å². The molecule has 1 atom stereocenters. The summed E-state index contributed by atoms with van der Waals surface area (Å²) in [5.41, 5.74) is 0.958. The lowest BCUT2D eigenvalue weighted by Gasteiger charge is -2.28. The van der Waals surface area contributed by atoms with Crippen LogP contribution < -0.4 is 0 Å². The van der Waals surface area contributed by atoms with Crippen LogP contribution in [-0.4, -0.2) is 37.0 Å². The normalized spacial score (nSPS) is 21.1. The second-order valence-electron chi connectivity index (χ2n) is 5.64. The number of hydrogen-bond donors (Lipinski definition) is 1. The number of nitrogens with zero attached hydrogens (tertiary/aromatic N) is 1. The zero-order chi connectivity index (χ0) is 15.3. The molecule has 0 aliphatic carbocycles. The third-order valence-corrected chi connectivity index (χ3v) is 6.19. The molecule has 4 nitrogen and oxygen atoms in total. The lowest BCUT2D eigenvalue weighted by atomic mass is 10.1. The largest absolute Gasteiger partial charge is 0.396 e. The first-order valence-electron chi connectivity index (χ1n) is 7.81. The summed E-state index contributed by atoms with van der Waals surface area (Å²) in [4.78, 5) is 0.365. The van der Waals surface area contributed by atoms with E-state index in [9.17, 15) is 8.42 Å². The van der Waals surface area contributed by atoms with Gasteiger partial charge in [-0.05, 0) is 43.4 Å². The van der Waals surface area contributed by atoms with E-state index >= 15 is 0 Å². The summed E-state index contributed by atoms with van der Waals surface area (Å²) in [5.74, 6) is 0. The summed E-state index contributed by atoms with van der Waals surface area (Å²) >= 11 is 0. The van der Waals surface area contributed by atoms with Crippen LogP contribution in [0, 0.1) is 0 Å². The van der Waals surface area contributed by atoms with Crippen LogP contribution >= 0.6 is 0 Å². The standard InChI is InChI=1S/C16H25NO3S/c1-2-15-6-4-3-5-12-17(15)21(19,20)16-9-7-14(8-10-16)11-13-18/h7-10,15,18H,2-6,11-13H2,1H3. The van der Waals surface area contributed by atoms with Crippen LogP contribution in [0.1, 0.15) is 44.6 Å². The van der Waals surface area contributed by atoms with Gasteiger partial charge < -0.3 is 5.11 Å². The van der Waals surface area contributed by atoms with Gasteiger partial charge in [0, 0.05) is 19.2 Å². The Morgan fingerprint density at radius 3 is 2.52 bits per heavy atom. The number of aliphatic hydroxyl groups is 1. The highest BCUT2D eigenvalue weighted by atomic mass is 32.2. The van der Waals surface area contributed by atoms with E-state index in [1.165, 1.54) is 0 Å². The van der Waals surface area contributed by atoms with Crippen LogP contribution in [0.4, 0.5) is 0 Å².